The first kappa shape index (κ1) is 13.1. The first-order chi connectivity index (χ1) is 7.53. The Kier molecular flexibility index (Phi) is 4.90. The van der Waals surface area contributed by atoms with E-state index in [9.17, 15) is 9.50 Å². The fourth-order valence-electron chi connectivity index (χ4n) is 1.41. The molecule has 2 N–H and O–H groups in total. The van der Waals surface area contributed by atoms with Crippen molar-refractivity contribution >= 4 is 0 Å². The van der Waals surface area contributed by atoms with Gasteiger partial charge in [-0.1, -0.05) is 19.1 Å². The maximum atomic E-state index is 12.9. The van der Waals surface area contributed by atoms with Gasteiger partial charge in [0, 0.05) is 6.54 Å². The number of hydrogen-bond acceptors (Lipinski definition) is 2. The van der Waals surface area contributed by atoms with Crippen LogP contribution in [0.1, 0.15) is 25.8 Å². The second-order valence-electron chi connectivity index (χ2n) is 4.41. The minimum absolute atomic E-state index is 0.196. The Bertz CT molecular complexity index is 325. The van der Waals surface area contributed by atoms with Crippen molar-refractivity contribution in [3.8, 4) is 0 Å². The van der Waals surface area contributed by atoms with Crippen LogP contribution in [0.5, 0.6) is 0 Å². The number of aliphatic hydroxyl groups is 1. The molecular formula is C13H20FNO. The smallest absolute Gasteiger partial charge is 0.123 e. The van der Waals surface area contributed by atoms with Crippen molar-refractivity contribution < 1.29 is 9.50 Å². The molecule has 0 amide bonds. The standard InChI is InChI=1S/C13H20FNO/c1-3-13(2,16)10-15-8-7-11-5-4-6-12(14)9-11/h4-6,9,15-16H,3,7-8,10H2,1-2H3. The summed E-state index contributed by atoms with van der Waals surface area (Å²) in [7, 11) is 0. The van der Waals surface area contributed by atoms with Gasteiger partial charge in [0.2, 0.25) is 0 Å². The number of nitrogens with one attached hydrogen (secondary N) is 1. The van der Waals surface area contributed by atoms with Crippen molar-refractivity contribution in [3.63, 3.8) is 0 Å². The lowest BCUT2D eigenvalue weighted by molar-refractivity contribution is 0.0561. The van der Waals surface area contributed by atoms with Crippen LogP contribution in [0.3, 0.4) is 0 Å². The molecule has 0 spiro atoms. The Morgan fingerprint density at radius 2 is 2.19 bits per heavy atom. The van der Waals surface area contributed by atoms with Crippen molar-refractivity contribution in [2.45, 2.75) is 32.3 Å². The fraction of sp³-hybridized carbons (Fsp3) is 0.538. The van der Waals surface area contributed by atoms with E-state index in [4.69, 9.17) is 0 Å². The summed E-state index contributed by atoms with van der Waals surface area (Å²) >= 11 is 0. The predicted octanol–water partition coefficient (Wildman–Crippen LogP) is 2.12. The topological polar surface area (TPSA) is 32.3 Å². The Balaban J connectivity index is 2.26. The largest absolute Gasteiger partial charge is 0.389 e. The third-order valence-corrected chi connectivity index (χ3v) is 2.75. The number of halogens is 1. The van der Waals surface area contributed by atoms with E-state index in [1.54, 1.807) is 12.1 Å². The monoisotopic (exact) mass is 225 g/mol. The van der Waals surface area contributed by atoms with Gasteiger partial charge in [-0.2, -0.15) is 0 Å². The van der Waals surface area contributed by atoms with Gasteiger partial charge in [0.25, 0.3) is 0 Å². The molecule has 0 aliphatic carbocycles. The van der Waals surface area contributed by atoms with E-state index in [1.165, 1.54) is 6.07 Å². The molecule has 0 saturated carbocycles. The van der Waals surface area contributed by atoms with E-state index in [0.29, 0.717) is 6.54 Å². The number of rotatable bonds is 6. The van der Waals surface area contributed by atoms with Gasteiger partial charge in [0.05, 0.1) is 5.60 Å². The second kappa shape index (κ2) is 5.97. The second-order valence-corrected chi connectivity index (χ2v) is 4.41. The first-order valence-electron chi connectivity index (χ1n) is 5.71. The van der Waals surface area contributed by atoms with Crippen LogP contribution in [0, 0.1) is 5.82 Å². The molecule has 1 rings (SSSR count). The normalized spacial score (nSPS) is 14.8. The molecule has 0 bridgehead atoms. The van der Waals surface area contributed by atoms with Gasteiger partial charge < -0.3 is 10.4 Å². The zero-order chi connectivity index (χ0) is 12.0. The summed E-state index contributed by atoms with van der Waals surface area (Å²) in [4.78, 5) is 0. The lowest BCUT2D eigenvalue weighted by atomic mass is 10.0. The van der Waals surface area contributed by atoms with Crippen LogP contribution in [-0.2, 0) is 6.42 Å². The molecule has 1 unspecified atom stereocenters. The number of benzene rings is 1. The minimum Gasteiger partial charge on any atom is -0.389 e. The molecule has 90 valence electrons. The van der Waals surface area contributed by atoms with Gasteiger partial charge in [-0.15, -0.1) is 0 Å². The predicted molar refractivity (Wildman–Crippen MR) is 63.9 cm³/mol. The molecule has 3 heteroatoms. The summed E-state index contributed by atoms with van der Waals surface area (Å²) in [6.45, 7) is 5.08. The third kappa shape index (κ3) is 4.73. The van der Waals surface area contributed by atoms with Gasteiger partial charge >= 0.3 is 0 Å². The molecule has 0 aromatic heterocycles. The van der Waals surface area contributed by atoms with Crippen LogP contribution in [-0.4, -0.2) is 23.8 Å². The molecular weight excluding hydrogens is 205 g/mol. The number of hydrogen-bond donors (Lipinski definition) is 2. The molecule has 1 atom stereocenters. The quantitative estimate of drug-likeness (QED) is 0.727. The average molecular weight is 225 g/mol. The van der Waals surface area contributed by atoms with Crippen LogP contribution in [0.25, 0.3) is 0 Å². The highest BCUT2D eigenvalue weighted by atomic mass is 19.1. The van der Waals surface area contributed by atoms with Gasteiger partial charge in [0.15, 0.2) is 0 Å². The van der Waals surface area contributed by atoms with E-state index in [1.807, 2.05) is 19.9 Å². The molecule has 0 saturated heterocycles. The molecule has 1 aromatic rings. The third-order valence-electron chi connectivity index (χ3n) is 2.75. The van der Waals surface area contributed by atoms with Crippen LogP contribution in [0.2, 0.25) is 0 Å². The molecule has 16 heavy (non-hydrogen) atoms. The van der Waals surface area contributed by atoms with Crippen LogP contribution < -0.4 is 5.32 Å². The average Bonchev–Trinajstić information content (AvgIpc) is 2.25. The molecule has 1 aromatic carbocycles. The highest BCUT2D eigenvalue weighted by molar-refractivity contribution is 5.16. The maximum Gasteiger partial charge on any atom is 0.123 e. The maximum absolute atomic E-state index is 12.9. The lowest BCUT2D eigenvalue weighted by Gasteiger charge is -2.21. The molecule has 0 aliphatic rings. The van der Waals surface area contributed by atoms with E-state index < -0.39 is 5.60 Å². The molecule has 2 nitrogen and oxygen atoms in total. The molecule has 0 heterocycles. The summed E-state index contributed by atoms with van der Waals surface area (Å²) in [5, 5.41) is 12.9. The summed E-state index contributed by atoms with van der Waals surface area (Å²) < 4.78 is 12.9. The van der Waals surface area contributed by atoms with Crippen molar-refractivity contribution in [1.29, 1.82) is 0 Å². The van der Waals surface area contributed by atoms with E-state index in [2.05, 4.69) is 5.32 Å². The van der Waals surface area contributed by atoms with Crippen molar-refractivity contribution in [3.05, 3.63) is 35.6 Å². The Morgan fingerprint density at radius 1 is 1.44 bits per heavy atom. The molecule has 0 radical (unpaired) electrons. The Hall–Kier alpha value is -0.930. The highest BCUT2D eigenvalue weighted by Gasteiger charge is 2.15. The summed E-state index contributed by atoms with van der Waals surface area (Å²) in [6, 6.07) is 6.61. The van der Waals surface area contributed by atoms with Gasteiger partial charge in [0.1, 0.15) is 5.82 Å². The summed E-state index contributed by atoms with van der Waals surface area (Å²) in [6.07, 6.45) is 1.50. The summed E-state index contributed by atoms with van der Waals surface area (Å²) in [5.41, 5.74) is 0.325. The van der Waals surface area contributed by atoms with Crippen molar-refractivity contribution in [2.24, 2.45) is 0 Å². The molecule has 0 fully saturated rings. The lowest BCUT2D eigenvalue weighted by Crippen LogP contribution is -2.37. The highest BCUT2D eigenvalue weighted by Crippen LogP contribution is 2.06. The van der Waals surface area contributed by atoms with Crippen molar-refractivity contribution in [1.82, 2.24) is 5.32 Å². The van der Waals surface area contributed by atoms with Crippen LogP contribution >= 0.6 is 0 Å². The Morgan fingerprint density at radius 3 is 2.81 bits per heavy atom. The van der Waals surface area contributed by atoms with E-state index in [-0.39, 0.29) is 5.82 Å². The SMILES string of the molecule is CCC(C)(O)CNCCc1cccc(F)c1. The Labute approximate surface area is 96.5 Å². The van der Waals surface area contributed by atoms with Gasteiger partial charge in [-0.25, -0.2) is 4.39 Å². The zero-order valence-electron chi connectivity index (χ0n) is 9.96. The van der Waals surface area contributed by atoms with E-state index in [0.717, 1.165) is 24.9 Å². The minimum atomic E-state index is -0.651. The van der Waals surface area contributed by atoms with Crippen LogP contribution in [0.15, 0.2) is 24.3 Å². The fourth-order valence-corrected chi connectivity index (χ4v) is 1.41. The first-order valence-corrected chi connectivity index (χ1v) is 5.71. The van der Waals surface area contributed by atoms with Gasteiger partial charge in [-0.3, -0.25) is 0 Å². The van der Waals surface area contributed by atoms with Crippen LogP contribution in [0.4, 0.5) is 4.39 Å². The summed E-state index contributed by atoms with van der Waals surface area (Å²) in [5.74, 6) is -0.196. The van der Waals surface area contributed by atoms with Crippen molar-refractivity contribution in [2.75, 3.05) is 13.1 Å². The molecule has 0 aliphatic heterocycles. The zero-order valence-corrected chi connectivity index (χ0v) is 9.96. The van der Waals surface area contributed by atoms with E-state index >= 15 is 0 Å². The van der Waals surface area contributed by atoms with Gasteiger partial charge in [-0.05, 0) is 44.0 Å².